The summed E-state index contributed by atoms with van der Waals surface area (Å²) in [7, 11) is 2.02. The maximum Gasteiger partial charge on any atom is 0.347 e. The Kier molecular flexibility index (Phi) is 4.45. The number of hydrogen-bond acceptors (Lipinski definition) is 4. The molecule has 1 N–H and O–H groups in total. The third-order valence-electron chi connectivity index (χ3n) is 3.72. The van der Waals surface area contributed by atoms with Crippen LogP contribution in [0, 0.1) is 5.92 Å². The molecule has 1 aliphatic rings. The van der Waals surface area contributed by atoms with Crippen LogP contribution in [0.4, 0.5) is 5.13 Å². The second-order valence-electron chi connectivity index (χ2n) is 5.70. The van der Waals surface area contributed by atoms with Gasteiger partial charge in [0.25, 0.3) is 0 Å². The normalized spacial score (nSPS) is 16.2. The van der Waals surface area contributed by atoms with E-state index >= 15 is 0 Å². The van der Waals surface area contributed by atoms with Gasteiger partial charge in [-0.1, -0.05) is 38.0 Å². The maximum absolute atomic E-state index is 11.3. The molecule has 19 heavy (non-hydrogen) atoms. The molecule has 0 aromatic carbocycles. The standard InChI is InChI=1S/C14H22N2O2S/c1-9(2)11-12(13(17)18)19-14(15-11)16(3)8-10-6-4-5-7-10/h9-10H,4-8H2,1-3H3,(H,17,18). The predicted molar refractivity (Wildman–Crippen MR) is 78.4 cm³/mol. The third kappa shape index (κ3) is 3.26. The molecule has 0 radical (unpaired) electrons. The first-order chi connectivity index (χ1) is 8.99. The zero-order valence-corrected chi connectivity index (χ0v) is 12.7. The van der Waals surface area contributed by atoms with Gasteiger partial charge >= 0.3 is 5.97 Å². The van der Waals surface area contributed by atoms with Crippen LogP contribution in [-0.2, 0) is 0 Å². The summed E-state index contributed by atoms with van der Waals surface area (Å²) in [6.45, 7) is 4.97. The van der Waals surface area contributed by atoms with E-state index in [1.54, 1.807) is 0 Å². The molecule has 106 valence electrons. The number of carboxylic acids is 1. The van der Waals surface area contributed by atoms with Gasteiger partial charge in [-0.15, -0.1) is 0 Å². The van der Waals surface area contributed by atoms with E-state index in [-0.39, 0.29) is 5.92 Å². The molecule has 0 aliphatic heterocycles. The molecule has 1 aliphatic carbocycles. The van der Waals surface area contributed by atoms with E-state index in [1.807, 2.05) is 20.9 Å². The lowest BCUT2D eigenvalue weighted by Crippen LogP contribution is -2.23. The predicted octanol–water partition coefficient (Wildman–Crippen LogP) is 3.59. The molecular weight excluding hydrogens is 260 g/mol. The van der Waals surface area contributed by atoms with Gasteiger partial charge in [-0.05, 0) is 24.7 Å². The average molecular weight is 282 g/mol. The molecule has 2 rings (SSSR count). The number of thiazole rings is 1. The summed E-state index contributed by atoms with van der Waals surface area (Å²) in [5, 5.41) is 10.1. The SMILES string of the molecule is CC(C)c1nc(N(C)CC2CCCC2)sc1C(=O)O. The quantitative estimate of drug-likeness (QED) is 0.896. The van der Waals surface area contributed by atoms with Crippen LogP contribution in [-0.4, -0.2) is 29.7 Å². The first-order valence-electron chi connectivity index (χ1n) is 6.94. The van der Waals surface area contributed by atoms with Gasteiger partial charge in [-0.3, -0.25) is 0 Å². The summed E-state index contributed by atoms with van der Waals surface area (Å²) >= 11 is 1.30. The Morgan fingerprint density at radius 3 is 2.58 bits per heavy atom. The Hall–Kier alpha value is -1.10. The highest BCUT2D eigenvalue weighted by atomic mass is 32.1. The Bertz CT molecular complexity index is 450. The highest BCUT2D eigenvalue weighted by Gasteiger charge is 2.23. The van der Waals surface area contributed by atoms with E-state index < -0.39 is 5.97 Å². The number of aromatic nitrogens is 1. The Morgan fingerprint density at radius 2 is 2.11 bits per heavy atom. The molecule has 1 aromatic heterocycles. The first-order valence-corrected chi connectivity index (χ1v) is 7.75. The Morgan fingerprint density at radius 1 is 1.47 bits per heavy atom. The fourth-order valence-corrected chi connectivity index (χ4v) is 3.72. The fourth-order valence-electron chi connectivity index (χ4n) is 2.69. The molecule has 4 nitrogen and oxygen atoms in total. The van der Waals surface area contributed by atoms with E-state index in [4.69, 9.17) is 0 Å². The summed E-state index contributed by atoms with van der Waals surface area (Å²) < 4.78 is 0. The summed E-state index contributed by atoms with van der Waals surface area (Å²) in [6, 6.07) is 0. The molecule has 0 amide bonds. The van der Waals surface area contributed by atoms with Crippen molar-refractivity contribution in [1.29, 1.82) is 0 Å². The van der Waals surface area contributed by atoms with Crippen LogP contribution < -0.4 is 4.90 Å². The van der Waals surface area contributed by atoms with Gasteiger partial charge in [0, 0.05) is 13.6 Å². The summed E-state index contributed by atoms with van der Waals surface area (Å²) in [5.74, 6) is 0.0300. The molecule has 1 fully saturated rings. The van der Waals surface area contributed by atoms with Gasteiger partial charge in [-0.25, -0.2) is 9.78 Å². The largest absolute Gasteiger partial charge is 0.477 e. The maximum atomic E-state index is 11.3. The highest BCUT2D eigenvalue weighted by molar-refractivity contribution is 7.17. The second kappa shape index (κ2) is 5.90. The lowest BCUT2D eigenvalue weighted by molar-refractivity contribution is 0.0700. The molecule has 0 atom stereocenters. The van der Waals surface area contributed by atoms with E-state index in [1.165, 1.54) is 37.0 Å². The minimum atomic E-state index is -0.860. The van der Waals surface area contributed by atoms with Crippen molar-refractivity contribution in [2.45, 2.75) is 45.4 Å². The van der Waals surface area contributed by atoms with E-state index in [0.717, 1.165) is 17.6 Å². The van der Waals surface area contributed by atoms with E-state index in [9.17, 15) is 9.90 Å². The second-order valence-corrected chi connectivity index (χ2v) is 6.68. The molecule has 1 heterocycles. The molecule has 1 saturated carbocycles. The lowest BCUT2D eigenvalue weighted by atomic mass is 10.1. The van der Waals surface area contributed by atoms with Crippen molar-refractivity contribution in [1.82, 2.24) is 4.98 Å². The van der Waals surface area contributed by atoms with Gasteiger partial charge in [0.05, 0.1) is 5.69 Å². The minimum absolute atomic E-state index is 0.149. The van der Waals surface area contributed by atoms with Gasteiger partial charge in [0.2, 0.25) is 0 Å². The lowest BCUT2D eigenvalue weighted by Gasteiger charge is -2.19. The molecular formula is C14H22N2O2S. The van der Waals surface area contributed by atoms with Gasteiger partial charge < -0.3 is 10.0 Å². The fraction of sp³-hybridized carbons (Fsp3) is 0.714. The topological polar surface area (TPSA) is 53.4 Å². The number of carbonyl (C=O) groups is 1. The van der Waals surface area contributed by atoms with Crippen molar-refractivity contribution >= 4 is 22.4 Å². The number of rotatable bonds is 5. The summed E-state index contributed by atoms with van der Waals surface area (Å²) in [5.41, 5.74) is 0.714. The van der Waals surface area contributed by atoms with Crippen LogP contribution in [0.15, 0.2) is 0 Å². The highest BCUT2D eigenvalue weighted by Crippen LogP contribution is 2.32. The van der Waals surface area contributed by atoms with Crippen molar-refractivity contribution in [3.05, 3.63) is 10.6 Å². The third-order valence-corrected chi connectivity index (χ3v) is 4.89. The van der Waals surface area contributed by atoms with Crippen molar-refractivity contribution in [2.24, 2.45) is 5.92 Å². The van der Waals surface area contributed by atoms with Crippen molar-refractivity contribution in [2.75, 3.05) is 18.5 Å². The van der Waals surface area contributed by atoms with Crippen molar-refractivity contribution < 1.29 is 9.90 Å². The van der Waals surface area contributed by atoms with Gasteiger partial charge in [-0.2, -0.15) is 0 Å². The van der Waals surface area contributed by atoms with E-state index in [0.29, 0.717) is 10.6 Å². The number of anilines is 1. The molecule has 1 aromatic rings. The van der Waals surface area contributed by atoms with Gasteiger partial charge in [0.1, 0.15) is 4.88 Å². The van der Waals surface area contributed by atoms with Gasteiger partial charge in [0.15, 0.2) is 5.13 Å². The monoisotopic (exact) mass is 282 g/mol. The molecule has 5 heteroatoms. The average Bonchev–Trinajstić information content (AvgIpc) is 2.96. The number of nitrogens with zero attached hydrogens (tertiary/aromatic N) is 2. The number of hydrogen-bond donors (Lipinski definition) is 1. The van der Waals surface area contributed by atoms with Crippen LogP contribution >= 0.6 is 11.3 Å². The van der Waals surface area contributed by atoms with Crippen molar-refractivity contribution in [3.8, 4) is 0 Å². The zero-order valence-electron chi connectivity index (χ0n) is 11.8. The van der Waals surface area contributed by atoms with Crippen LogP contribution in [0.1, 0.15) is 60.8 Å². The van der Waals surface area contributed by atoms with Crippen LogP contribution in [0.3, 0.4) is 0 Å². The first kappa shape index (κ1) is 14.3. The number of aromatic carboxylic acids is 1. The summed E-state index contributed by atoms with van der Waals surface area (Å²) in [4.78, 5) is 18.3. The molecule has 0 bridgehead atoms. The smallest absolute Gasteiger partial charge is 0.347 e. The van der Waals surface area contributed by atoms with Crippen LogP contribution in [0.5, 0.6) is 0 Å². The zero-order chi connectivity index (χ0) is 14.0. The van der Waals surface area contributed by atoms with Crippen LogP contribution in [0.25, 0.3) is 0 Å². The van der Waals surface area contributed by atoms with E-state index in [2.05, 4.69) is 9.88 Å². The molecule has 0 unspecified atom stereocenters. The minimum Gasteiger partial charge on any atom is -0.477 e. The number of carboxylic acid groups (broad SMARTS) is 1. The van der Waals surface area contributed by atoms with Crippen molar-refractivity contribution in [3.63, 3.8) is 0 Å². The summed E-state index contributed by atoms with van der Waals surface area (Å²) in [6.07, 6.45) is 5.24. The Balaban J connectivity index is 2.14. The Labute approximate surface area is 118 Å². The molecule has 0 spiro atoms. The molecule has 0 saturated heterocycles. The van der Waals surface area contributed by atoms with Crippen LogP contribution in [0.2, 0.25) is 0 Å².